The highest BCUT2D eigenvalue weighted by molar-refractivity contribution is 4.84. The Morgan fingerprint density at radius 1 is 1.50 bits per heavy atom. The molecule has 1 aliphatic rings. The Hall–Kier alpha value is -0.120. The fourth-order valence-corrected chi connectivity index (χ4v) is 1.69. The van der Waals surface area contributed by atoms with E-state index in [1.165, 1.54) is 12.8 Å². The van der Waals surface area contributed by atoms with Gasteiger partial charge in [-0.05, 0) is 25.3 Å². The topological polar surface area (TPSA) is 41.5 Å². The van der Waals surface area contributed by atoms with Gasteiger partial charge in [-0.15, -0.1) is 0 Å². The van der Waals surface area contributed by atoms with Crippen LogP contribution in [0.3, 0.4) is 0 Å². The molecule has 3 nitrogen and oxygen atoms in total. The molecule has 14 heavy (non-hydrogen) atoms. The second kappa shape index (κ2) is 5.69. The van der Waals surface area contributed by atoms with Crippen LogP contribution in [0.25, 0.3) is 0 Å². The number of rotatable bonds is 6. The minimum Gasteiger partial charge on any atom is -0.386 e. The molecule has 84 valence electrons. The summed E-state index contributed by atoms with van der Waals surface area (Å²) in [5, 5.41) is 13.2. The largest absolute Gasteiger partial charge is 0.386 e. The van der Waals surface area contributed by atoms with E-state index in [2.05, 4.69) is 19.2 Å². The van der Waals surface area contributed by atoms with Gasteiger partial charge in [-0.1, -0.05) is 13.8 Å². The van der Waals surface area contributed by atoms with Crippen molar-refractivity contribution in [1.29, 1.82) is 0 Å². The van der Waals surface area contributed by atoms with Crippen LogP contribution >= 0.6 is 0 Å². The maximum Gasteiger partial charge on any atom is 0.102 e. The molecule has 0 bridgehead atoms. The molecule has 1 fully saturated rings. The van der Waals surface area contributed by atoms with E-state index >= 15 is 0 Å². The summed E-state index contributed by atoms with van der Waals surface area (Å²) in [6.07, 6.45) is 3.21. The maximum atomic E-state index is 9.91. The number of ether oxygens (including phenoxy) is 1. The van der Waals surface area contributed by atoms with Crippen LogP contribution in [0, 0.1) is 5.92 Å². The molecule has 0 aromatic carbocycles. The van der Waals surface area contributed by atoms with Crippen molar-refractivity contribution in [2.24, 2.45) is 5.92 Å². The normalized spacial score (nSPS) is 27.4. The van der Waals surface area contributed by atoms with E-state index in [0.717, 1.165) is 18.9 Å². The van der Waals surface area contributed by atoms with Crippen molar-refractivity contribution in [2.75, 3.05) is 26.3 Å². The summed E-state index contributed by atoms with van der Waals surface area (Å²) in [5.74, 6) is 0.773. The van der Waals surface area contributed by atoms with E-state index in [-0.39, 0.29) is 0 Å². The summed E-state index contributed by atoms with van der Waals surface area (Å²) < 4.78 is 5.17. The Bertz CT molecular complexity index is 153. The van der Waals surface area contributed by atoms with E-state index in [1.54, 1.807) is 0 Å². The second-order valence-electron chi connectivity index (χ2n) is 4.74. The zero-order valence-corrected chi connectivity index (χ0v) is 9.38. The van der Waals surface area contributed by atoms with Crippen LogP contribution in [0.1, 0.15) is 33.1 Å². The third-order valence-electron chi connectivity index (χ3n) is 2.67. The van der Waals surface area contributed by atoms with Gasteiger partial charge < -0.3 is 15.2 Å². The van der Waals surface area contributed by atoms with Crippen LogP contribution in [0.2, 0.25) is 0 Å². The van der Waals surface area contributed by atoms with Crippen LogP contribution in [-0.2, 0) is 4.74 Å². The van der Waals surface area contributed by atoms with Gasteiger partial charge >= 0.3 is 0 Å². The van der Waals surface area contributed by atoms with Crippen LogP contribution in [0.15, 0.2) is 0 Å². The van der Waals surface area contributed by atoms with Gasteiger partial charge in [0.15, 0.2) is 0 Å². The standard InChI is InChI=1S/C11H23NO2/c1-10(2)4-3-6-12-8-11(13)5-7-14-9-11/h10,12-13H,3-9H2,1-2H3. The van der Waals surface area contributed by atoms with Crippen LogP contribution < -0.4 is 5.32 Å². The fraction of sp³-hybridized carbons (Fsp3) is 1.00. The van der Waals surface area contributed by atoms with Crippen molar-refractivity contribution in [3.63, 3.8) is 0 Å². The van der Waals surface area contributed by atoms with Gasteiger partial charge in [-0.3, -0.25) is 0 Å². The average Bonchev–Trinajstić information content (AvgIpc) is 2.51. The number of nitrogens with one attached hydrogen (secondary N) is 1. The van der Waals surface area contributed by atoms with E-state index in [4.69, 9.17) is 4.74 Å². The molecule has 0 saturated carbocycles. The zero-order chi connectivity index (χ0) is 10.4. The zero-order valence-electron chi connectivity index (χ0n) is 9.38. The third-order valence-corrected chi connectivity index (χ3v) is 2.67. The number of hydrogen-bond donors (Lipinski definition) is 2. The Balaban J connectivity index is 1.98. The average molecular weight is 201 g/mol. The Morgan fingerprint density at radius 3 is 2.86 bits per heavy atom. The molecule has 1 rings (SSSR count). The molecule has 0 aromatic heterocycles. The first kappa shape index (κ1) is 12.0. The minimum absolute atomic E-state index is 0.490. The molecular formula is C11H23NO2. The number of aliphatic hydroxyl groups is 1. The molecule has 0 aliphatic carbocycles. The molecule has 1 heterocycles. The van der Waals surface area contributed by atoms with E-state index < -0.39 is 5.60 Å². The summed E-state index contributed by atoms with van der Waals surface area (Å²) in [7, 11) is 0. The molecule has 2 N–H and O–H groups in total. The van der Waals surface area contributed by atoms with Crippen molar-refractivity contribution in [3.05, 3.63) is 0 Å². The van der Waals surface area contributed by atoms with Gasteiger partial charge in [0.05, 0.1) is 6.61 Å². The van der Waals surface area contributed by atoms with Gasteiger partial charge in [-0.25, -0.2) is 0 Å². The predicted molar refractivity (Wildman–Crippen MR) is 57.3 cm³/mol. The van der Waals surface area contributed by atoms with Gasteiger partial charge in [0.25, 0.3) is 0 Å². The Kier molecular flexibility index (Phi) is 4.85. The fourth-order valence-electron chi connectivity index (χ4n) is 1.69. The molecule has 1 saturated heterocycles. The van der Waals surface area contributed by atoms with Gasteiger partial charge in [0, 0.05) is 19.6 Å². The molecule has 0 amide bonds. The lowest BCUT2D eigenvalue weighted by Gasteiger charge is -2.20. The summed E-state index contributed by atoms with van der Waals surface area (Å²) in [5.41, 5.74) is -0.599. The lowest BCUT2D eigenvalue weighted by Crippen LogP contribution is -2.41. The van der Waals surface area contributed by atoms with Crippen molar-refractivity contribution < 1.29 is 9.84 Å². The van der Waals surface area contributed by atoms with E-state index in [1.807, 2.05) is 0 Å². The molecule has 1 unspecified atom stereocenters. The lowest BCUT2D eigenvalue weighted by molar-refractivity contribution is 0.0271. The SMILES string of the molecule is CC(C)CCCNCC1(O)CCOC1. The van der Waals surface area contributed by atoms with Crippen molar-refractivity contribution >= 4 is 0 Å². The molecule has 0 aromatic rings. The quantitative estimate of drug-likeness (QED) is 0.634. The highest BCUT2D eigenvalue weighted by Crippen LogP contribution is 2.16. The first-order chi connectivity index (χ1) is 6.62. The highest BCUT2D eigenvalue weighted by atomic mass is 16.5. The summed E-state index contributed by atoms with van der Waals surface area (Å²) in [6.45, 7) is 7.33. The Morgan fingerprint density at radius 2 is 2.29 bits per heavy atom. The number of hydrogen-bond acceptors (Lipinski definition) is 3. The van der Waals surface area contributed by atoms with Crippen molar-refractivity contribution in [3.8, 4) is 0 Å². The predicted octanol–water partition coefficient (Wildman–Crippen LogP) is 1.16. The molecule has 1 atom stereocenters. The van der Waals surface area contributed by atoms with Crippen LogP contribution in [0.4, 0.5) is 0 Å². The van der Waals surface area contributed by atoms with Crippen LogP contribution in [-0.4, -0.2) is 37.0 Å². The maximum absolute atomic E-state index is 9.91. The van der Waals surface area contributed by atoms with E-state index in [0.29, 0.717) is 19.8 Å². The van der Waals surface area contributed by atoms with E-state index in [9.17, 15) is 5.11 Å². The summed E-state index contributed by atoms with van der Waals surface area (Å²) in [6, 6.07) is 0. The molecule has 3 heteroatoms. The highest BCUT2D eigenvalue weighted by Gasteiger charge is 2.31. The monoisotopic (exact) mass is 201 g/mol. The van der Waals surface area contributed by atoms with Gasteiger partial charge in [0.1, 0.15) is 5.60 Å². The minimum atomic E-state index is -0.599. The first-order valence-electron chi connectivity index (χ1n) is 5.63. The third kappa shape index (κ3) is 4.40. The molecule has 0 radical (unpaired) electrons. The molecular weight excluding hydrogens is 178 g/mol. The lowest BCUT2D eigenvalue weighted by atomic mass is 10.0. The van der Waals surface area contributed by atoms with Crippen molar-refractivity contribution in [2.45, 2.75) is 38.7 Å². The second-order valence-corrected chi connectivity index (χ2v) is 4.74. The summed E-state index contributed by atoms with van der Waals surface area (Å²) >= 11 is 0. The van der Waals surface area contributed by atoms with Gasteiger partial charge in [0.2, 0.25) is 0 Å². The van der Waals surface area contributed by atoms with Crippen LogP contribution in [0.5, 0.6) is 0 Å². The smallest absolute Gasteiger partial charge is 0.102 e. The Labute approximate surface area is 86.8 Å². The summed E-state index contributed by atoms with van der Waals surface area (Å²) in [4.78, 5) is 0. The molecule has 0 spiro atoms. The molecule has 1 aliphatic heterocycles. The first-order valence-corrected chi connectivity index (χ1v) is 5.63. The van der Waals surface area contributed by atoms with Gasteiger partial charge in [-0.2, -0.15) is 0 Å². The van der Waals surface area contributed by atoms with Crippen molar-refractivity contribution in [1.82, 2.24) is 5.32 Å².